The molecular weight excluding hydrogens is 370 g/mol. The average Bonchev–Trinajstić information content (AvgIpc) is 3.24. The van der Waals surface area contributed by atoms with Crippen LogP contribution in [0.15, 0.2) is 36.7 Å². The molecule has 2 aromatic heterocycles. The largest absolute Gasteiger partial charge is 0.346 e. The van der Waals surface area contributed by atoms with Gasteiger partial charge in [-0.05, 0) is 32.0 Å². The van der Waals surface area contributed by atoms with E-state index in [4.69, 9.17) is 16.9 Å². The molecule has 0 bridgehead atoms. The van der Waals surface area contributed by atoms with Crippen LogP contribution in [0.25, 0.3) is 11.3 Å². The minimum absolute atomic E-state index is 0.107. The molecule has 1 atom stereocenters. The molecule has 3 rings (SSSR count). The molecule has 1 unspecified atom stereocenters. The molecule has 26 heavy (non-hydrogen) atoms. The van der Waals surface area contributed by atoms with Crippen LogP contribution in [-0.2, 0) is 6.54 Å². The zero-order valence-corrected chi connectivity index (χ0v) is 15.8. The van der Waals surface area contributed by atoms with Crippen molar-refractivity contribution in [3.05, 3.63) is 57.1 Å². The summed E-state index contributed by atoms with van der Waals surface area (Å²) in [5, 5.41) is 17.2. The summed E-state index contributed by atoms with van der Waals surface area (Å²) >= 11 is 7.45. The first-order chi connectivity index (χ1) is 12.5. The molecule has 6 nitrogen and oxygen atoms in total. The highest BCUT2D eigenvalue weighted by atomic mass is 35.5. The van der Waals surface area contributed by atoms with E-state index in [0.29, 0.717) is 22.1 Å². The van der Waals surface area contributed by atoms with Crippen molar-refractivity contribution in [2.75, 3.05) is 0 Å². The Morgan fingerprint density at radius 1 is 1.46 bits per heavy atom. The second kappa shape index (κ2) is 7.68. The van der Waals surface area contributed by atoms with Gasteiger partial charge in [0.25, 0.3) is 5.91 Å². The smallest absolute Gasteiger partial charge is 0.280 e. The predicted molar refractivity (Wildman–Crippen MR) is 101 cm³/mol. The van der Waals surface area contributed by atoms with Gasteiger partial charge in [-0.2, -0.15) is 10.4 Å². The summed E-state index contributed by atoms with van der Waals surface area (Å²) < 4.78 is 1.76. The lowest BCUT2D eigenvalue weighted by molar-refractivity contribution is 0.0935. The second-order valence-corrected chi connectivity index (χ2v) is 7.52. The summed E-state index contributed by atoms with van der Waals surface area (Å²) in [6.45, 7) is 4.36. The van der Waals surface area contributed by atoms with Crippen LogP contribution >= 0.6 is 22.9 Å². The zero-order chi connectivity index (χ0) is 18.7. The van der Waals surface area contributed by atoms with Crippen LogP contribution in [-0.4, -0.2) is 26.7 Å². The Morgan fingerprint density at radius 2 is 2.27 bits per heavy atom. The molecule has 0 aliphatic carbocycles. The Hall–Kier alpha value is -2.69. The van der Waals surface area contributed by atoms with Gasteiger partial charge in [0.05, 0.1) is 22.8 Å². The first kappa shape index (κ1) is 18.1. The molecule has 2 heterocycles. The lowest BCUT2D eigenvalue weighted by atomic mass is 10.1. The SMILES string of the molecule is Cc1cnc(C(=O)NC(C)Cn2ccc(-c3ccc(C#N)c(Cl)c3)n2)s1. The molecule has 1 aromatic carbocycles. The molecule has 0 radical (unpaired) electrons. The van der Waals surface area contributed by atoms with Gasteiger partial charge in [-0.25, -0.2) is 4.98 Å². The van der Waals surface area contributed by atoms with Crippen molar-refractivity contribution < 1.29 is 4.79 Å². The van der Waals surface area contributed by atoms with E-state index >= 15 is 0 Å². The number of hydrogen-bond donors (Lipinski definition) is 1. The summed E-state index contributed by atoms with van der Waals surface area (Å²) in [6, 6.07) is 9.01. The Balaban J connectivity index is 1.65. The highest BCUT2D eigenvalue weighted by Crippen LogP contribution is 2.24. The molecule has 0 fully saturated rings. The molecule has 0 saturated heterocycles. The van der Waals surface area contributed by atoms with Crippen molar-refractivity contribution in [2.24, 2.45) is 0 Å². The molecule has 8 heteroatoms. The maximum atomic E-state index is 12.1. The van der Waals surface area contributed by atoms with Gasteiger partial charge in [0, 0.05) is 28.9 Å². The number of aromatic nitrogens is 3. The summed E-state index contributed by atoms with van der Waals surface area (Å²) in [5.41, 5.74) is 2.02. The summed E-state index contributed by atoms with van der Waals surface area (Å²) in [5.74, 6) is -0.179. The van der Waals surface area contributed by atoms with Gasteiger partial charge in [0.15, 0.2) is 5.01 Å². The van der Waals surface area contributed by atoms with Gasteiger partial charge >= 0.3 is 0 Å². The number of rotatable bonds is 5. The van der Waals surface area contributed by atoms with Gasteiger partial charge in [-0.1, -0.05) is 17.7 Å². The Bertz CT molecular complexity index is 988. The number of halogens is 1. The van der Waals surface area contributed by atoms with Crippen LogP contribution in [0.1, 0.15) is 27.2 Å². The summed E-state index contributed by atoms with van der Waals surface area (Å²) in [4.78, 5) is 17.2. The minimum Gasteiger partial charge on any atom is -0.346 e. The molecule has 0 saturated carbocycles. The Morgan fingerprint density at radius 3 is 2.92 bits per heavy atom. The normalized spacial score (nSPS) is 11.8. The van der Waals surface area contributed by atoms with Crippen LogP contribution in [0, 0.1) is 18.3 Å². The number of nitrogens with zero attached hydrogens (tertiary/aromatic N) is 4. The maximum Gasteiger partial charge on any atom is 0.280 e. The fourth-order valence-corrected chi connectivity index (χ4v) is 3.34. The van der Waals surface area contributed by atoms with Crippen LogP contribution < -0.4 is 5.32 Å². The van der Waals surface area contributed by atoms with E-state index in [9.17, 15) is 4.79 Å². The molecule has 1 amide bonds. The molecule has 0 aliphatic heterocycles. The van der Waals surface area contributed by atoms with Crippen molar-refractivity contribution in [3.63, 3.8) is 0 Å². The van der Waals surface area contributed by atoms with Crippen LogP contribution in [0.2, 0.25) is 5.02 Å². The first-order valence-corrected chi connectivity index (χ1v) is 9.12. The molecule has 0 aliphatic rings. The third-order valence-corrected chi connectivity index (χ3v) is 4.90. The van der Waals surface area contributed by atoms with Gasteiger partial charge in [0.1, 0.15) is 6.07 Å². The van der Waals surface area contributed by atoms with Crippen LogP contribution in [0.4, 0.5) is 0 Å². The van der Waals surface area contributed by atoms with E-state index in [1.54, 1.807) is 23.0 Å². The minimum atomic E-state index is -0.179. The lowest BCUT2D eigenvalue weighted by Gasteiger charge is -2.12. The monoisotopic (exact) mass is 385 g/mol. The van der Waals surface area contributed by atoms with Crippen LogP contribution in [0.5, 0.6) is 0 Å². The third kappa shape index (κ3) is 4.10. The highest BCUT2D eigenvalue weighted by Gasteiger charge is 2.14. The molecule has 1 N–H and O–H groups in total. The lowest BCUT2D eigenvalue weighted by Crippen LogP contribution is -2.35. The number of benzene rings is 1. The molecule has 3 aromatic rings. The van der Waals surface area contributed by atoms with E-state index in [1.165, 1.54) is 11.3 Å². The van der Waals surface area contributed by atoms with E-state index in [-0.39, 0.29) is 11.9 Å². The topological polar surface area (TPSA) is 83.6 Å². The van der Waals surface area contributed by atoms with Crippen molar-refractivity contribution in [1.82, 2.24) is 20.1 Å². The number of carbonyl (C=O) groups is 1. The van der Waals surface area contributed by atoms with E-state index in [1.807, 2.05) is 38.2 Å². The van der Waals surface area contributed by atoms with Crippen molar-refractivity contribution in [2.45, 2.75) is 26.4 Å². The Kier molecular flexibility index (Phi) is 5.35. The number of thiazole rings is 1. The van der Waals surface area contributed by atoms with Crippen molar-refractivity contribution >= 4 is 28.8 Å². The number of carbonyl (C=O) groups excluding carboxylic acids is 1. The quantitative estimate of drug-likeness (QED) is 0.726. The number of hydrogen-bond acceptors (Lipinski definition) is 5. The summed E-state index contributed by atoms with van der Waals surface area (Å²) in [6.07, 6.45) is 3.53. The summed E-state index contributed by atoms with van der Waals surface area (Å²) in [7, 11) is 0. The Labute approximate surface area is 160 Å². The van der Waals surface area contributed by atoms with Gasteiger partial charge in [-0.15, -0.1) is 11.3 Å². The predicted octanol–water partition coefficient (Wildman–Crippen LogP) is 3.66. The molecular formula is C18H16ClN5OS. The van der Waals surface area contributed by atoms with E-state index in [0.717, 1.165) is 16.1 Å². The standard InChI is InChI=1S/C18H16ClN5OS/c1-11(22-17(25)18-21-9-12(2)26-18)10-24-6-5-16(23-24)13-3-4-14(8-20)15(19)7-13/h3-7,9,11H,10H2,1-2H3,(H,22,25). The third-order valence-electron chi connectivity index (χ3n) is 3.68. The van der Waals surface area contributed by atoms with Gasteiger partial charge in [0.2, 0.25) is 0 Å². The first-order valence-electron chi connectivity index (χ1n) is 7.93. The highest BCUT2D eigenvalue weighted by molar-refractivity contribution is 7.13. The maximum absolute atomic E-state index is 12.1. The van der Waals surface area contributed by atoms with E-state index in [2.05, 4.69) is 15.4 Å². The number of nitriles is 1. The van der Waals surface area contributed by atoms with Crippen LogP contribution in [0.3, 0.4) is 0 Å². The second-order valence-electron chi connectivity index (χ2n) is 5.88. The van der Waals surface area contributed by atoms with Gasteiger partial charge < -0.3 is 5.32 Å². The number of nitrogens with one attached hydrogen (secondary N) is 1. The fraction of sp³-hybridized carbons (Fsp3) is 0.222. The number of aryl methyl sites for hydroxylation is 1. The molecule has 132 valence electrons. The van der Waals surface area contributed by atoms with Gasteiger partial charge in [-0.3, -0.25) is 9.48 Å². The fourth-order valence-electron chi connectivity index (χ4n) is 2.45. The average molecular weight is 386 g/mol. The van der Waals surface area contributed by atoms with E-state index < -0.39 is 0 Å². The molecule has 0 spiro atoms. The van der Waals surface area contributed by atoms with Crippen molar-refractivity contribution in [3.8, 4) is 17.3 Å². The zero-order valence-electron chi connectivity index (χ0n) is 14.2. The number of amides is 1. The van der Waals surface area contributed by atoms with Crippen molar-refractivity contribution in [1.29, 1.82) is 5.26 Å².